The lowest BCUT2D eigenvalue weighted by atomic mass is 9.73. The van der Waals surface area contributed by atoms with E-state index in [4.69, 9.17) is 0 Å². The van der Waals surface area contributed by atoms with E-state index in [9.17, 15) is 0 Å². The molecule has 1 aliphatic carbocycles. The van der Waals surface area contributed by atoms with Crippen LogP contribution in [0.2, 0.25) is 0 Å². The van der Waals surface area contributed by atoms with Crippen molar-refractivity contribution in [3.8, 4) is 0 Å². The van der Waals surface area contributed by atoms with Crippen molar-refractivity contribution in [3.05, 3.63) is 16.6 Å². The largest absolute Gasteiger partial charge is 0.309 e. The summed E-state index contributed by atoms with van der Waals surface area (Å²) >= 11 is 1.80. The minimum Gasteiger partial charge on any atom is -0.309 e. The minimum atomic E-state index is 0.540. The highest BCUT2D eigenvalue weighted by atomic mass is 32.1. The zero-order valence-corrected chi connectivity index (χ0v) is 11.8. The molecule has 0 aromatic carbocycles. The summed E-state index contributed by atoms with van der Waals surface area (Å²) in [5.74, 6) is 1.71. The van der Waals surface area contributed by atoms with Gasteiger partial charge in [-0.3, -0.25) is 4.98 Å². The van der Waals surface area contributed by atoms with Gasteiger partial charge in [-0.15, -0.1) is 11.3 Å². The number of nitrogens with zero attached hydrogens (tertiary/aromatic N) is 1. The van der Waals surface area contributed by atoms with Gasteiger partial charge in [0.1, 0.15) is 0 Å². The van der Waals surface area contributed by atoms with Crippen LogP contribution in [0, 0.1) is 11.8 Å². The third kappa shape index (κ3) is 3.08. The SMILES string of the molecule is CCNC(c1cncs1)C1CCCCC1CC. The lowest BCUT2D eigenvalue weighted by Crippen LogP contribution is -2.33. The van der Waals surface area contributed by atoms with E-state index < -0.39 is 0 Å². The Labute approximate surface area is 109 Å². The van der Waals surface area contributed by atoms with E-state index >= 15 is 0 Å². The van der Waals surface area contributed by atoms with Crippen LogP contribution in [-0.4, -0.2) is 11.5 Å². The van der Waals surface area contributed by atoms with Crippen LogP contribution >= 0.6 is 11.3 Å². The maximum atomic E-state index is 4.25. The van der Waals surface area contributed by atoms with Crippen molar-refractivity contribution in [2.24, 2.45) is 11.8 Å². The third-order valence-corrected chi connectivity index (χ3v) is 4.96. The summed E-state index contributed by atoms with van der Waals surface area (Å²) in [5.41, 5.74) is 1.96. The smallest absolute Gasteiger partial charge is 0.0794 e. The molecule has 96 valence electrons. The van der Waals surface area contributed by atoms with Crippen molar-refractivity contribution in [2.45, 2.75) is 52.0 Å². The molecule has 0 aliphatic heterocycles. The van der Waals surface area contributed by atoms with Gasteiger partial charge in [0.05, 0.1) is 5.51 Å². The zero-order valence-electron chi connectivity index (χ0n) is 11.0. The van der Waals surface area contributed by atoms with Crippen LogP contribution < -0.4 is 5.32 Å². The van der Waals surface area contributed by atoms with E-state index in [-0.39, 0.29) is 0 Å². The molecule has 1 heterocycles. The van der Waals surface area contributed by atoms with Crippen molar-refractivity contribution in [2.75, 3.05) is 6.54 Å². The fraction of sp³-hybridized carbons (Fsp3) is 0.786. The van der Waals surface area contributed by atoms with E-state index in [1.807, 2.05) is 5.51 Å². The maximum Gasteiger partial charge on any atom is 0.0794 e. The van der Waals surface area contributed by atoms with Crippen LogP contribution in [0.5, 0.6) is 0 Å². The van der Waals surface area contributed by atoms with Gasteiger partial charge in [0.2, 0.25) is 0 Å². The molecule has 2 rings (SSSR count). The Hall–Kier alpha value is -0.410. The van der Waals surface area contributed by atoms with Crippen molar-refractivity contribution < 1.29 is 0 Å². The maximum absolute atomic E-state index is 4.25. The Morgan fingerprint density at radius 3 is 2.88 bits per heavy atom. The average molecular weight is 252 g/mol. The van der Waals surface area contributed by atoms with Crippen LogP contribution in [0.15, 0.2) is 11.7 Å². The molecule has 1 aromatic rings. The number of rotatable bonds is 5. The molecule has 3 atom stereocenters. The molecule has 3 unspecified atom stereocenters. The van der Waals surface area contributed by atoms with Gasteiger partial charge in [-0.1, -0.05) is 39.5 Å². The van der Waals surface area contributed by atoms with Crippen molar-refractivity contribution in [3.63, 3.8) is 0 Å². The average Bonchev–Trinajstić information content (AvgIpc) is 2.89. The van der Waals surface area contributed by atoms with Crippen LogP contribution in [0.25, 0.3) is 0 Å². The molecule has 0 bridgehead atoms. The Balaban J connectivity index is 2.13. The second-order valence-electron chi connectivity index (χ2n) is 5.06. The first kappa shape index (κ1) is 13.0. The quantitative estimate of drug-likeness (QED) is 0.856. The summed E-state index contributed by atoms with van der Waals surface area (Å²) in [6.45, 7) is 5.60. The first-order valence-corrected chi connectivity index (χ1v) is 7.86. The molecule has 0 saturated heterocycles. The number of hydrogen-bond donors (Lipinski definition) is 1. The molecule has 1 N–H and O–H groups in total. The normalized spacial score (nSPS) is 26.9. The number of hydrogen-bond acceptors (Lipinski definition) is 3. The highest BCUT2D eigenvalue weighted by molar-refractivity contribution is 7.09. The predicted octanol–water partition coefficient (Wildman–Crippen LogP) is 4.01. The molecule has 1 aromatic heterocycles. The van der Waals surface area contributed by atoms with E-state index in [1.54, 1.807) is 11.3 Å². The Kier molecular flexibility index (Phi) is 4.99. The molecule has 2 nitrogen and oxygen atoms in total. The summed E-state index contributed by atoms with van der Waals surface area (Å²) in [7, 11) is 0. The van der Waals surface area contributed by atoms with Gasteiger partial charge < -0.3 is 5.32 Å². The third-order valence-electron chi connectivity index (χ3n) is 4.10. The standard InChI is InChI=1S/C14H24N2S/c1-3-11-7-5-6-8-12(11)14(16-4-2)13-9-15-10-17-13/h9-12,14,16H,3-8H2,1-2H3. The first-order chi connectivity index (χ1) is 8.36. The van der Waals surface area contributed by atoms with E-state index in [1.165, 1.54) is 37.0 Å². The van der Waals surface area contributed by atoms with Gasteiger partial charge in [-0.05, 0) is 24.8 Å². The van der Waals surface area contributed by atoms with Gasteiger partial charge in [-0.2, -0.15) is 0 Å². The predicted molar refractivity (Wildman–Crippen MR) is 74.3 cm³/mol. The summed E-state index contributed by atoms with van der Waals surface area (Å²) < 4.78 is 0. The minimum absolute atomic E-state index is 0.540. The molecular weight excluding hydrogens is 228 g/mol. The van der Waals surface area contributed by atoms with E-state index in [0.717, 1.165) is 18.4 Å². The Morgan fingerprint density at radius 2 is 2.24 bits per heavy atom. The molecular formula is C14H24N2S. The molecule has 1 aliphatic rings. The van der Waals surface area contributed by atoms with Gasteiger partial charge in [0.15, 0.2) is 0 Å². The summed E-state index contributed by atoms with van der Waals surface area (Å²) in [6, 6.07) is 0.540. The van der Waals surface area contributed by atoms with Crippen molar-refractivity contribution in [1.82, 2.24) is 10.3 Å². The van der Waals surface area contributed by atoms with Crippen molar-refractivity contribution >= 4 is 11.3 Å². The molecule has 3 heteroatoms. The summed E-state index contributed by atoms with van der Waals surface area (Å²) in [6.07, 6.45) is 9.01. The molecule has 1 fully saturated rings. The second kappa shape index (κ2) is 6.50. The number of nitrogens with one attached hydrogen (secondary N) is 1. The molecule has 0 spiro atoms. The first-order valence-electron chi connectivity index (χ1n) is 6.98. The van der Waals surface area contributed by atoms with Gasteiger partial charge in [0.25, 0.3) is 0 Å². The molecule has 17 heavy (non-hydrogen) atoms. The lowest BCUT2D eigenvalue weighted by molar-refractivity contribution is 0.178. The Morgan fingerprint density at radius 1 is 1.41 bits per heavy atom. The lowest BCUT2D eigenvalue weighted by Gasteiger charge is -2.36. The highest BCUT2D eigenvalue weighted by Gasteiger charge is 2.31. The van der Waals surface area contributed by atoms with Gasteiger partial charge in [0, 0.05) is 17.1 Å². The number of thiazole rings is 1. The fourth-order valence-electron chi connectivity index (χ4n) is 3.24. The summed E-state index contributed by atoms with van der Waals surface area (Å²) in [5, 5.41) is 3.69. The van der Waals surface area contributed by atoms with Gasteiger partial charge >= 0.3 is 0 Å². The zero-order chi connectivity index (χ0) is 12.1. The van der Waals surface area contributed by atoms with Crippen LogP contribution in [0.1, 0.15) is 56.9 Å². The fourth-order valence-corrected chi connectivity index (χ4v) is 4.01. The van der Waals surface area contributed by atoms with Crippen LogP contribution in [-0.2, 0) is 0 Å². The molecule has 0 radical (unpaired) electrons. The van der Waals surface area contributed by atoms with Crippen LogP contribution in [0.3, 0.4) is 0 Å². The summed E-state index contributed by atoms with van der Waals surface area (Å²) in [4.78, 5) is 5.68. The highest BCUT2D eigenvalue weighted by Crippen LogP contribution is 2.41. The second-order valence-corrected chi connectivity index (χ2v) is 5.97. The monoisotopic (exact) mass is 252 g/mol. The van der Waals surface area contributed by atoms with E-state index in [2.05, 4.69) is 30.3 Å². The molecule has 0 amide bonds. The topological polar surface area (TPSA) is 24.9 Å². The van der Waals surface area contributed by atoms with Crippen molar-refractivity contribution in [1.29, 1.82) is 0 Å². The van der Waals surface area contributed by atoms with Gasteiger partial charge in [-0.25, -0.2) is 0 Å². The molecule has 1 saturated carbocycles. The number of aromatic nitrogens is 1. The van der Waals surface area contributed by atoms with E-state index in [0.29, 0.717) is 6.04 Å². The Bertz CT molecular complexity index is 310. The van der Waals surface area contributed by atoms with Crippen LogP contribution in [0.4, 0.5) is 0 Å².